The zero-order valence-corrected chi connectivity index (χ0v) is 30.3. The summed E-state index contributed by atoms with van der Waals surface area (Å²) in [5.41, 5.74) is 6.37. The van der Waals surface area contributed by atoms with Crippen molar-refractivity contribution >= 4 is 17.3 Å². The first kappa shape index (κ1) is 33.7. The van der Waals surface area contributed by atoms with Crippen molar-refractivity contribution in [1.29, 1.82) is 0 Å². The average Bonchev–Trinajstić information content (AvgIpc) is 3.37. The zero-order valence-electron chi connectivity index (χ0n) is 30.3. The Morgan fingerprint density at radius 1 is 0.826 bits per heavy atom. The molecule has 1 aromatic carbocycles. The first-order valence-electron chi connectivity index (χ1n) is 18.5. The van der Waals surface area contributed by atoms with Crippen molar-refractivity contribution in [3.63, 3.8) is 0 Å². The zero-order chi connectivity index (χ0) is 33.3. The van der Waals surface area contributed by atoms with Crippen LogP contribution in [0.2, 0.25) is 0 Å². The summed E-state index contributed by atoms with van der Waals surface area (Å²) in [6.07, 6.45) is 14.3. The lowest BCUT2D eigenvalue weighted by Crippen LogP contribution is -2.65. The number of allylic oxidation sites excluding steroid dienone is 3. The molecule has 5 aliphatic carbocycles. The molecule has 4 fully saturated rings. The van der Waals surface area contributed by atoms with Crippen LogP contribution in [-0.4, -0.2) is 31.3 Å². The summed E-state index contributed by atoms with van der Waals surface area (Å²) in [6, 6.07) is 8.42. The first-order valence-corrected chi connectivity index (χ1v) is 18.5. The smallest absolute Gasteiger partial charge is 0.216 e. The van der Waals surface area contributed by atoms with Gasteiger partial charge in [0.05, 0.1) is 0 Å². The number of rotatable bonds is 8. The number of amides is 1. The summed E-state index contributed by atoms with van der Waals surface area (Å²) in [7, 11) is 0. The largest absolute Gasteiger partial charge is 0.355 e. The van der Waals surface area contributed by atoms with Gasteiger partial charge in [-0.25, -0.2) is 0 Å². The summed E-state index contributed by atoms with van der Waals surface area (Å²) in [4.78, 5) is 23.4. The van der Waals surface area contributed by atoms with Gasteiger partial charge in [-0.1, -0.05) is 77.1 Å². The van der Waals surface area contributed by atoms with Crippen molar-refractivity contribution in [2.45, 2.75) is 113 Å². The third-order valence-electron chi connectivity index (χ3n) is 15.6. The minimum Gasteiger partial charge on any atom is -0.355 e. The van der Waals surface area contributed by atoms with Gasteiger partial charge in [0.25, 0.3) is 0 Å². The molecule has 9 unspecified atom stereocenters. The fourth-order valence-electron chi connectivity index (χ4n) is 13.2. The Bertz CT molecular complexity index is 1410. The van der Waals surface area contributed by atoms with Crippen molar-refractivity contribution in [2.75, 3.05) is 19.6 Å². The Hall–Kier alpha value is -2.20. The molecule has 9 atom stereocenters. The summed E-state index contributed by atoms with van der Waals surface area (Å²) in [6.45, 7) is 26.0. The van der Waals surface area contributed by atoms with Crippen molar-refractivity contribution in [3.8, 4) is 0 Å². The number of benzene rings is 1. The predicted molar refractivity (Wildman–Crippen MR) is 190 cm³/mol. The minimum atomic E-state index is 0.0549. The minimum absolute atomic E-state index is 0.0549. The van der Waals surface area contributed by atoms with E-state index >= 15 is 0 Å². The van der Waals surface area contributed by atoms with Gasteiger partial charge in [-0.2, -0.15) is 0 Å². The Morgan fingerprint density at radius 3 is 2.20 bits per heavy atom. The van der Waals surface area contributed by atoms with E-state index in [0.717, 1.165) is 36.9 Å². The highest BCUT2D eigenvalue weighted by atomic mass is 16.1. The van der Waals surface area contributed by atoms with E-state index < -0.39 is 0 Å². The van der Waals surface area contributed by atoms with Gasteiger partial charge in [-0.3, -0.25) is 9.59 Å². The fourth-order valence-corrected chi connectivity index (χ4v) is 13.2. The number of carbonyl (C=O) groups is 2. The number of hydrogen-bond donors (Lipinski definition) is 2. The van der Waals surface area contributed by atoms with Gasteiger partial charge in [0.15, 0.2) is 5.78 Å². The topological polar surface area (TPSA) is 58.2 Å². The molecular weight excluding hydrogens is 564 g/mol. The van der Waals surface area contributed by atoms with E-state index in [4.69, 9.17) is 0 Å². The SMILES string of the molecule is C=C(C)C1CCC2(CNCCNC(C)=O)CCC3(C)C(CCC4C5(C)CC=C(c6ccc(C(C)=O)cc6)C(C)(C)C5CCC43C)C12. The molecule has 0 heterocycles. The Morgan fingerprint density at radius 2 is 1.54 bits per heavy atom. The predicted octanol–water partition coefficient (Wildman–Crippen LogP) is 9.27. The summed E-state index contributed by atoms with van der Waals surface area (Å²) in [5, 5.41) is 6.79. The van der Waals surface area contributed by atoms with Crippen molar-refractivity contribution in [2.24, 2.45) is 56.7 Å². The quantitative estimate of drug-likeness (QED) is 0.172. The van der Waals surface area contributed by atoms with E-state index in [1.165, 1.54) is 68.1 Å². The highest BCUT2D eigenvalue weighted by Gasteiger charge is 2.70. The van der Waals surface area contributed by atoms with Crippen LogP contribution < -0.4 is 10.6 Å². The second-order valence-electron chi connectivity index (χ2n) is 17.9. The van der Waals surface area contributed by atoms with E-state index in [9.17, 15) is 9.59 Å². The highest BCUT2D eigenvalue weighted by Crippen LogP contribution is 2.77. The lowest BCUT2D eigenvalue weighted by Gasteiger charge is -2.72. The highest BCUT2D eigenvalue weighted by molar-refractivity contribution is 5.94. The van der Waals surface area contributed by atoms with Gasteiger partial charge >= 0.3 is 0 Å². The summed E-state index contributed by atoms with van der Waals surface area (Å²) >= 11 is 0. The van der Waals surface area contributed by atoms with Crippen LogP contribution in [0.4, 0.5) is 0 Å². The van der Waals surface area contributed by atoms with Crippen LogP contribution in [0, 0.1) is 56.7 Å². The molecule has 1 aromatic rings. The number of carbonyl (C=O) groups excluding carboxylic acids is 2. The van der Waals surface area contributed by atoms with Crippen LogP contribution in [0.25, 0.3) is 5.57 Å². The molecule has 4 nitrogen and oxygen atoms in total. The Labute approximate surface area is 280 Å². The number of hydrogen-bond acceptors (Lipinski definition) is 3. The molecule has 0 saturated heterocycles. The molecule has 5 aliphatic rings. The third-order valence-corrected chi connectivity index (χ3v) is 15.6. The molecule has 4 saturated carbocycles. The van der Waals surface area contributed by atoms with Crippen molar-refractivity contribution in [1.82, 2.24) is 10.6 Å². The monoisotopic (exact) mass is 626 g/mol. The molecule has 0 spiro atoms. The maximum Gasteiger partial charge on any atom is 0.216 e. The third kappa shape index (κ3) is 5.01. The van der Waals surface area contributed by atoms with Gasteiger partial charge in [0.1, 0.15) is 0 Å². The van der Waals surface area contributed by atoms with Crippen LogP contribution in [-0.2, 0) is 4.79 Å². The molecule has 6 rings (SSSR count). The molecule has 0 aromatic heterocycles. The molecule has 4 heteroatoms. The fraction of sp³-hybridized carbons (Fsp3) is 0.714. The van der Waals surface area contributed by atoms with Crippen molar-refractivity contribution < 1.29 is 9.59 Å². The van der Waals surface area contributed by atoms with E-state index in [1.807, 2.05) is 12.1 Å². The van der Waals surface area contributed by atoms with E-state index in [2.05, 4.69) is 77.0 Å². The molecule has 46 heavy (non-hydrogen) atoms. The van der Waals surface area contributed by atoms with Gasteiger partial charge in [-0.05, 0) is 139 Å². The maximum absolute atomic E-state index is 12.0. The lowest BCUT2D eigenvalue weighted by molar-refractivity contribution is -0.225. The van der Waals surface area contributed by atoms with E-state index in [0.29, 0.717) is 40.5 Å². The number of nitrogens with one attached hydrogen (secondary N) is 2. The van der Waals surface area contributed by atoms with E-state index in [-0.39, 0.29) is 22.5 Å². The van der Waals surface area contributed by atoms with Crippen LogP contribution >= 0.6 is 0 Å². The van der Waals surface area contributed by atoms with Crippen LogP contribution in [0.1, 0.15) is 129 Å². The molecular formula is C42H62N2O2. The lowest BCUT2D eigenvalue weighted by atomic mass is 9.32. The molecule has 2 N–H and O–H groups in total. The van der Waals surface area contributed by atoms with Crippen molar-refractivity contribution in [3.05, 3.63) is 53.6 Å². The molecule has 0 radical (unpaired) electrons. The maximum atomic E-state index is 12.0. The van der Waals surface area contributed by atoms with Crippen LogP contribution in [0.5, 0.6) is 0 Å². The van der Waals surface area contributed by atoms with Gasteiger partial charge in [-0.15, -0.1) is 0 Å². The Balaban J connectivity index is 1.29. The standard InChI is InChI=1S/C42H62N2O2/c1-27(2)32-16-21-42(26-43-24-25-44-29(4)46)23-22-40(8)34(37(32)42)14-15-36-39(7)19-17-33(31-12-10-30(11-13-31)28(3)45)38(5,6)35(39)18-20-41(36,40)9/h10-13,17,32,34-37,43H,1,14-16,18-26H2,2-9H3,(H,44,46). The second kappa shape index (κ2) is 11.7. The molecule has 252 valence electrons. The molecule has 0 bridgehead atoms. The summed E-state index contributed by atoms with van der Waals surface area (Å²) in [5.74, 6) is 3.64. The average molecular weight is 627 g/mol. The summed E-state index contributed by atoms with van der Waals surface area (Å²) < 4.78 is 0. The molecule has 0 aliphatic heterocycles. The number of fused-ring (bicyclic) bond motifs is 7. The van der Waals surface area contributed by atoms with Gasteiger partial charge in [0, 0.05) is 32.1 Å². The van der Waals surface area contributed by atoms with Gasteiger partial charge < -0.3 is 10.6 Å². The van der Waals surface area contributed by atoms with E-state index in [1.54, 1.807) is 13.8 Å². The normalized spacial score (nSPS) is 40.9. The number of Topliss-reactive ketones (excluding diaryl/α,β-unsaturated/α-hetero) is 1. The first-order chi connectivity index (χ1) is 21.6. The van der Waals surface area contributed by atoms with Gasteiger partial charge in [0.2, 0.25) is 5.91 Å². The second-order valence-corrected chi connectivity index (χ2v) is 17.9. The van der Waals surface area contributed by atoms with Crippen LogP contribution in [0.3, 0.4) is 0 Å². The van der Waals surface area contributed by atoms with Crippen LogP contribution in [0.15, 0.2) is 42.5 Å². The molecule has 1 amide bonds. The Kier molecular flexibility index (Phi) is 8.60. The number of ketones is 1.